The number of amides is 2. The topological polar surface area (TPSA) is 107 Å². The molecule has 1 heterocycles. The van der Waals surface area contributed by atoms with E-state index in [0.29, 0.717) is 4.90 Å². The number of nitrogens with one attached hydrogen (secondary N) is 1. The summed E-state index contributed by atoms with van der Waals surface area (Å²) in [6.45, 7) is -0.737. The van der Waals surface area contributed by atoms with Crippen LogP contribution in [-0.2, 0) is 14.4 Å². The molecule has 0 saturated carbocycles. The lowest BCUT2D eigenvalue weighted by atomic mass is 10.1. The Bertz CT molecular complexity index is 438. The second-order valence-corrected chi connectivity index (χ2v) is 4.86. The second kappa shape index (κ2) is 6.29. The summed E-state index contributed by atoms with van der Waals surface area (Å²) in [5.74, 6) is -4.24. The fraction of sp³-hybridized carbons (Fsp3) is 0.727. The van der Waals surface area contributed by atoms with Crippen molar-refractivity contribution < 1.29 is 37.8 Å². The van der Waals surface area contributed by atoms with Gasteiger partial charge in [-0.15, -0.1) is 0 Å². The zero-order valence-electron chi connectivity index (χ0n) is 11.1. The van der Waals surface area contributed by atoms with Crippen LogP contribution >= 0.6 is 0 Å². The summed E-state index contributed by atoms with van der Waals surface area (Å²) in [5.41, 5.74) is 0. The average Bonchev–Trinajstić information content (AvgIpc) is 2.64. The minimum Gasteiger partial charge on any atom is -0.480 e. The van der Waals surface area contributed by atoms with Gasteiger partial charge in [-0.1, -0.05) is 0 Å². The van der Waals surface area contributed by atoms with Gasteiger partial charge < -0.3 is 20.4 Å². The maximum absolute atomic E-state index is 12.2. The van der Waals surface area contributed by atoms with Gasteiger partial charge in [0.25, 0.3) is 0 Å². The molecule has 3 atom stereocenters. The average molecular weight is 312 g/mol. The molecule has 3 N–H and O–H groups in total. The Morgan fingerprint density at radius 1 is 1.48 bits per heavy atom. The lowest BCUT2D eigenvalue weighted by molar-refractivity contribution is -0.157. The molecule has 2 amide bonds. The molecule has 21 heavy (non-hydrogen) atoms. The van der Waals surface area contributed by atoms with Crippen LogP contribution in [-0.4, -0.2) is 64.3 Å². The predicted molar refractivity (Wildman–Crippen MR) is 62.0 cm³/mol. The van der Waals surface area contributed by atoms with Crippen LogP contribution in [0.4, 0.5) is 13.2 Å². The summed E-state index contributed by atoms with van der Waals surface area (Å²) in [6, 6.07) is -1.58. The number of carboxylic acid groups (broad SMARTS) is 1. The van der Waals surface area contributed by atoms with E-state index in [1.54, 1.807) is 0 Å². The summed E-state index contributed by atoms with van der Waals surface area (Å²) in [5, 5.41) is 20.0. The summed E-state index contributed by atoms with van der Waals surface area (Å²) in [7, 11) is 0. The van der Waals surface area contributed by atoms with Crippen LogP contribution < -0.4 is 5.32 Å². The maximum atomic E-state index is 12.2. The van der Waals surface area contributed by atoms with E-state index >= 15 is 0 Å². The van der Waals surface area contributed by atoms with Crippen molar-refractivity contribution in [1.29, 1.82) is 0 Å². The highest BCUT2D eigenvalue weighted by Crippen LogP contribution is 2.24. The van der Waals surface area contributed by atoms with Crippen LogP contribution in [0, 0.1) is 5.92 Å². The Kier molecular flexibility index (Phi) is 5.15. The smallest absolute Gasteiger partial charge is 0.406 e. The molecular weight excluding hydrogens is 297 g/mol. The van der Waals surface area contributed by atoms with Crippen molar-refractivity contribution in [3.8, 4) is 0 Å². The van der Waals surface area contributed by atoms with E-state index in [1.165, 1.54) is 0 Å². The third-order valence-electron chi connectivity index (χ3n) is 3.00. The first kappa shape index (κ1) is 17.2. The molecule has 0 aromatic carbocycles. The van der Waals surface area contributed by atoms with Gasteiger partial charge in [-0.05, 0) is 6.92 Å². The van der Waals surface area contributed by atoms with Gasteiger partial charge >= 0.3 is 12.1 Å². The van der Waals surface area contributed by atoms with Crippen LogP contribution in [0.2, 0.25) is 0 Å². The summed E-state index contributed by atoms with van der Waals surface area (Å²) in [4.78, 5) is 34.5. The van der Waals surface area contributed by atoms with Crippen LogP contribution in [0.25, 0.3) is 0 Å². The molecule has 0 aromatic rings. The molecule has 0 aromatic heterocycles. The van der Waals surface area contributed by atoms with Gasteiger partial charge in [0.05, 0.1) is 12.0 Å². The van der Waals surface area contributed by atoms with Crippen LogP contribution in [0.15, 0.2) is 0 Å². The van der Waals surface area contributed by atoms with Gasteiger partial charge in [0, 0.05) is 13.0 Å². The number of aliphatic carboxylic acids is 1. The van der Waals surface area contributed by atoms with E-state index in [9.17, 15) is 32.7 Å². The van der Waals surface area contributed by atoms with E-state index in [2.05, 4.69) is 0 Å². The Hall–Kier alpha value is -1.84. The highest BCUT2D eigenvalue weighted by Gasteiger charge is 2.41. The van der Waals surface area contributed by atoms with Gasteiger partial charge in [0.2, 0.25) is 11.8 Å². The molecular formula is C11H15F3N2O5. The standard InChI is InChI=1S/C11H15F3N2O5/c1-5(17)8(10(20)21)15-9(19)6-2-7(18)16(3-6)4-11(12,13)14/h5-6,8,17H,2-4H2,1H3,(H,15,19)(H,20,21). The molecule has 1 fully saturated rings. The molecule has 1 aliphatic rings. The quantitative estimate of drug-likeness (QED) is 0.625. The van der Waals surface area contributed by atoms with Crippen molar-refractivity contribution in [3.05, 3.63) is 0 Å². The van der Waals surface area contributed by atoms with E-state index in [-0.39, 0.29) is 0 Å². The van der Waals surface area contributed by atoms with Gasteiger partial charge in [0.15, 0.2) is 6.04 Å². The SMILES string of the molecule is CC(O)C(NC(=O)C1CC(=O)N(CC(F)(F)F)C1)C(=O)O. The predicted octanol–water partition coefficient (Wildman–Crippen LogP) is -0.653. The zero-order valence-corrected chi connectivity index (χ0v) is 11.1. The number of carbonyl (C=O) groups excluding carboxylic acids is 2. The molecule has 10 heteroatoms. The Balaban J connectivity index is 2.65. The molecule has 1 aliphatic heterocycles. The number of aliphatic hydroxyl groups is 1. The number of hydrogen-bond acceptors (Lipinski definition) is 4. The van der Waals surface area contributed by atoms with Gasteiger partial charge in [-0.3, -0.25) is 9.59 Å². The van der Waals surface area contributed by atoms with Crippen molar-refractivity contribution in [2.45, 2.75) is 31.7 Å². The monoisotopic (exact) mass is 312 g/mol. The van der Waals surface area contributed by atoms with E-state index in [1.807, 2.05) is 5.32 Å². The fourth-order valence-corrected chi connectivity index (χ4v) is 1.98. The minimum absolute atomic E-state index is 0.423. The van der Waals surface area contributed by atoms with Crippen LogP contribution in [0.3, 0.4) is 0 Å². The first-order valence-corrected chi connectivity index (χ1v) is 6.07. The molecule has 1 saturated heterocycles. The molecule has 3 unspecified atom stereocenters. The lowest BCUT2D eigenvalue weighted by Gasteiger charge is -2.20. The van der Waals surface area contributed by atoms with E-state index in [0.717, 1.165) is 6.92 Å². The third kappa shape index (κ3) is 4.88. The number of carboxylic acids is 1. The van der Waals surface area contributed by atoms with Crippen molar-refractivity contribution in [3.63, 3.8) is 0 Å². The van der Waals surface area contributed by atoms with Crippen molar-refractivity contribution >= 4 is 17.8 Å². The fourth-order valence-electron chi connectivity index (χ4n) is 1.98. The minimum atomic E-state index is -4.57. The number of likely N-dealkylation sites (tertiary alicyclic amines) is 1. The Morgan fingerprint density at radius 2 is 2.05 bits per heavy atom. The number of nitrogens with zero attached hydrogens (tertiary/aromatic N) is 1. The number of carbonyl (C=O) groups is 3. The number of hydrogen-bond donors (Lipinski definition) is 3. The summed E-state index contributed by atoms with van der Waals surface area (Å²) < 4.78 is 36.7. The number of halogens is 3. The molecule has 0 spiro atoms. The van der Waals surface area contributed by atoms with Gasteiger partial charge in [-0.2, -0.15) is 13.2 Å². The number of alkyl halides is 3. The first-order valence-electron chi connectivity index (χ1n) is 6.07. The second-order valence-electron chi connectivity index (χ2n) is 4.86. The van der Waals surface area contributed by atoms with Crippen molar-refractivity contribution in [2.24, 2.45) is 5.92 Å². The molecule has 7 nitrogen and oxygen atoms in total. The normalized spacial score (nSPS) is 22.0. The largest absolute Gasteiger partial charge is 0.480 e. The Morgan fingerprint density at radius 3 is 2.48 bits per heavy atom. The van der Waals surface area contributed by atoms with Gasteiger partial charge in [0.1, 0.15) is 6.54 Å². The summed E-state index contributed by atoms with van der Waals surface area (Å²) >= 11 is 0. The lowest BCUT2D eigenvalue weighted by Crippen LogP contribution is -2.50. The molecule has 0 radical (unpaired) electrons. The first-order chi connectivity index (χ1) is 9.51. The molecule has 0 bridgehead atoms. The van der Waals surface area contributed by atoms with Crippen LogP contribution in [0.1, 0.15) is 13.3 Å². The summed E-state index contributed by atoms with van der Waals surface area (Å²) in [6.07, 6.45) is -6.37. The van der Waals surface area contributed by atoms with E-state index in [4.69, 9.17) is 5.11 Å². The van der Waals surface area contributed by atoms with Crippen molar-refractivity contribution in [1.82, 2.24) is 10.2 Å². The molecule has 1 rings (SSSR count). The number of aliphatic hydroxyl groups excluding tert-OH is 1. The third-order valence-corrected chi connectivity index (χ3v) is 3.00. The molecule has 0 aliphatic carbocycles. The highest BCUT2D eigenvalue weighted by atomic mass is 19.4. The van der Waals surface area contributed by atoms with Gasteiger partial charge in [-0.25, -0.2) is 4.79 Å². The maximum Gasteiger partial charge on any atom is 0.406 e. The zero-order chi connectivity index (χ0) is 16.4. The van der Waals surface area contributed by atoms with E-state index < -0.39 is 61.5 Å². The highest BCUT2D eigenvalue weighted by molar-refractivity contribution is 5.91. The Labute approximate surface area is 117 Å². The molecule has 120 valence electrons. The van der Waals surface area contributed by atoms with Crippen molar-refractivity contribution in [2.75, 3.05) is 13.1 Å². The van der Waals surface area contributed by atoms with Crippen LogP contribution in [0.5, 0.6) is 0 Å². The number of rotatable bonds is 5.